The molecule has 1 N–H and O–H groups in total. The Kier molecular flexibility index (Phi) is 5.91. The van der Waals surface area contributed by atoms with Gasteiger partial charge in [0.1, 0.15) is 11.1 Å². The Bertz CT molecular complexity index is 628. The molecule has 1 amide bonds. The molecule has 0 unspecified atom stereocenters. The van der Waals surface area contributed by atoms with Gasteiger partial charge >= 0.3 is 5.97 Å². The zero-order valence-corrected chi connectivity index (χ0v) is 14.4. The highest BCUT2D eigenvalue weighted by molar-refractivity contribution is 5.93. The third-order valence-electron chi connectivity index (χ3n) is 3.74. The molecule has 1 rings (SSSR count). The molecule has 0 aliphatic heterocycles. The molecular formula is C16H23N3O4. The molecule has 0 aliphatic rings. The predicted octanol–water partition coefficient (Wildman–Crippen LogP) is 2.32. The van der Waals surface area contributed by atoms with Crippen molar-refractivity contribution in [2.24, 2.45) is 5.92 Å². The van der Waals surface area contributed by atoms with Gasteiger partial charge in [-0.15, -0.1) is 0 Å². The number of rotatable bonds is 6. The summed E-state index contributed by atoms with van der Waals surface area (Å²) >= 11 is 0. The second-order valence-corrected chi connectivity index (χ2v) is 6.26. The second-order valence-electron chi connectivity index (χ2n) is 6.26. The monoisotopic (exact) mass is 321 g/mol. The zero-order chi connectivity index (χ0) is 17.8. The number of esters is 1. The van der Waals surface area contributed by atoms with Gasteiger partial charge in [-0.1, -0.05) is 32.9 Å². The van der Waals surface area contributed by atoms with Crippen molar-refractivity contribution < 1.29 is 18.8 Å². The van der Waals surface area contributed by atoms with Gasteiger partial charge < -0.3 is 14.6 Å². The standard InChI is InChI=1S/C16H23N3O4/c1-9(2)14-13(11(5)19-23-14)15(21)22-7-12(20)18-16(6,8-17)10(3)4/h9-10H,7H2,1-6H3,(H,18,20)/t16-/m1/s1. The van der Waals surface area contributed by atoms with Crippen molar-refractivity contribution >= 4 is 11.9 Å². The van der Waals surface area contributed by atoms with Crippen molar-refractivity contribution in [3.8, 4) is 6.07 Å². The summed E-state index contributed by atoms with van der Waals surface area (Å²) in [4.78, 5) is 24.1. The quantitative estimate of drug-likeness (QED) is 0.806. The largest absolute Gasteiger partial charge is 0.452 e. The van der Waals surface area contributed by atoms with Crippen LogP contribution in [0.1, 0.15) is 62.3 Å². The number of nitriles is 1. The van der Waals surface area contributed by atoms with Crippen LogP contribution in [-0.2, 0) is 9.53 Å². The first-order chi connectivity index (χ1) is 10.6. The highest BCUT2D eigenvalue weighted by atomic mass is 16.5. The summed E-state index contributed by atoms with van der Waals surface area (Å²) in [6.07, 6.45) is 0. The van der Waals surface area contributed by atoms with Gasteiger partial charge in [0.05, 0.1) is 11.8 Å². The Morgan fingerprint density at radius 1 is 1.39 bits per heavy atom. The third-order valence-corrected chi connectivity index (χ3v) is 3.74. The number of ether oxygens (including phenoxy) is 1. The molecular weight excluding hydrogens is 298 g/mol. The average Bonchev–Trinajstić information content (AvgIpc) is 2.86. The van der Waals surface area contributed by atoms with E-state index in [1.54, 1.807) is 13.8 Å². The van der Waals surface area contributed by atoms with Crippen LogP contribution in [0.15, 0.2) is 4.52 Å². The summed E-state index contributed by atoms with van der Waals surface area (Å²) in [5.41, 5.74) is -0.345. The maximum absolute atomic E-state index is 12.2. The zero-order valence-electron chi connectivity index (χ0n) is 14.4. The van der Waals surface area contributed by atoms with Gasteiger partial charge in [0, 0.05) is 5.92 Å². The van der Waals surface area contributed by atoms with Crippen LogP contribution < -0.4 is 5.32 Å². The Balaban J connectivity index is 2.73. The van der Waals surface area contributed by atoms with E-state index in [4.69, 9.17) is 9.26 Å². The Morgan fingerprint density at radius 2 is 2.00 bits per heavy atom. The molecule has 0 radical (unpaired) electrons. The minimum atomic E-state index is -1.01. The molecule has 7 heteroatoms. The number of aryl methyl sites for hydroxylation is 1. The smallest absolute Gasteiger partial charge is 0.344 e. The number of hydrogen-bond acceptors (Lipinski definition) is 6. The molecule has 1 heterocycles. The number of nitrogens with one attached hydrogen (secondary N) is 1. The lowest BCUT2D eigenvalue weighted by Gasteiger charge is -2.27. The van der Waals surface area contributed by atoms with E-state index >= 15 is 0 Å². The van der Waals surface area contributed by atoms with Gasteiger partial charge in [0.25, 0.3) is 5.91 Å². The SMILES string of the molecule is Cc1noc(C(C)C)c1C(=O)OCC(=O)N[C@](C)(C#N)C(C)C. The molecule has 0 fully saturated rings. The fraction of sp³-hybridized carbons (Fsp3) is 0.625. The van der Waals surface area contributed by atoms with Crippen molar-refractivity contribution in [2.45, 2.75) is 53.0 Å². The van der Waals surface area contributed by atoms with Gasteiger partial charge in [-0.05, 0) is 19.8 Å². The van der Waals surface area contributed by atoms with E-state index < -0.39 is 24.0 Å². The van der Waals surface area contributed by atoms with Crippen LogP contribution in [0.4, 0.5) is 0 Å². The normalized spacial score (nSPS) is 13.5. The summed E-state index contributed by atoms with van der Waals surface area (Å²) in [5.74, 6) is -0.880. The van der Waals surface area contributed by atoms with E-state index in [-0.39, 0.29) is 17.4 Å². The number of aromatic nitrogens is 1. The fourth-order valence-electron chi connectivity index (χ4n) is 1.86. The van der Waals surface area contributed by atoms with Crippen LogP contribution in [0.5, 0.6) is 0 Å². The van der Waals surface area contributed by atoms with E-state index in [9.17, 15) is 14.9 Å². The Hall–Kier alpha value is -2.36. The van der Waals surface area contributed by atoms with Crippen molar-refractivity contribution in [2.75, 3.05) is 6.61 Å². The molecule has 1 aromatic heterocycles. The third kappa shape index (κ3) is 4.31. The summed E-state index contributed by atoms with van der Waals surface area (Å²) in [6, 6.07) is 2.06. The summed E-state index contributed by atoms with van der Waals surface area (Å²) in [5, 5.41) is 15.5. The van der Waals surface area contributed by atoms with Gasteiger partial charge in [-0.2, -0.15) is 5.26 Å². The van der Waals surface area contributed by atoms with Crippen LogP contribution in [-0.4, -0.2) is 29.2 Å². The van der Waals surface area contributed by atoms with E-state index in [1.165, 1.54) is 0 Å². The van der Waals surface area contributed by atoms with E-state index in [1.807, 2.05) is 27.7 Å². The first kappa shape index (κ1) is 18.7. The maximum Gasteiger partial charge on any atom is 0.344 e. The summed E-state index contributed by atoms with van der Waals surface area (Å²) in [6.45, 7) is 10.2. The molecule has 7 nitrogen and oxygen atoms in total. The molecule has 23 heavy (non-hydrogen) atoms. The fourth-order valence-corrected chi connectivity index (χ4v) is 1.86. The van der Waals surface area contributed by atoms with Crippen molar-refractivity contribution in [1.29, 1.82) is 5.26 Å². The molecule has 126 valence electrons. The lowest BCUT2D eigenvalue weighted by Crippen LogP contribution is -2.50. The van der Waals surface area contributed by atoms with Crippen LogP contribution in [0.25, 0.3) is 0 Å². The first-order valence-corrected chi connectivity index (χ1v) is 7.48. The summed E-state index contributed by atoms with van der Waals surface area (Å²) in [7, 11) is 0. The maximum atomic E-state index is 12.2. The number of hydrogen-bond donors (Lipinski definition) is 1. The lowest BCUT2D eigenvalue weighted by atomic mass is 9.90. The average molecular weight is 321 g/mol. The van der Waals surface area contributed by atoms with Gasteiger partial charge in [-0.3, -0.25) is 4.79 Å². The van der Waals surface area contributed by atoms with E-state index in [2.05, 4.69) is 16.5 Å². The lowest BCUT2D eigenvalue weighted by molar-refractivity contribution is -0.125. The topological polar surface area (TPSA) is 105 Å². The number of nitrogens with zero attached hydrogens (tertiary/aromatic N) is 2. The highest BCUT2D eigenvalue weighted by Gasteiger charge is 2.31. The van der Waals surface area contributed by atoms with Crippen molar-refractivity contribution in [3.05, 3.63) is 17.0 Å². The van der Waals surface area contributed by atoms with E-state index in [0.717, 1.165) is 0 Å². The Labute approximate surface area is 136 Å². The first-order valence-electron chi connectivity index (χ1n) is 7.48. The van der Waals surface area contributed by atoms with Crippen LogP contribution in [0.2, 0.25) is 0 Å². The van der Waals surface area contributed by atoms with Gasteiger partial charge in [0.2, 0.25) is 0 Å². The second kappa shape index (κ2) is 7.27. The molecule has 1 atom stereocenters. The molecule has 0 spiro atoms. The minimum absolute atomic E-state index is 0.0320. The van der Waals surface area contributed by atoms with Gasteiger partial charge in [0.15, 0.2) is 12.4 Å². The predicted molar refractivity (Wildman–Crippen MR) is 82.6 cm³/mol. The van der Waals surface area contributed by atoms with Crippen molar-refractivity contribution in [3.63, 3.8) is 0 Å². The number of amides is 1. The molecule has 1 aromatic rings. The summed E-state index contributed by atoms with van der Waals surface area (Å²) < 4.78 is 10.1. The number of carbonyl (C=O) groups is 2. The van der Waals surface area contributed by atoms with Crippen LogP contribution in [0, 0.1) is 24.2 Å². The molecule has 0 aliphatic carbocycles. The van der Waals surface area contributed by atoms with E-state index in [0.29, 0.717) is 11.5 Å². The van der Waals surface area contributed by atoms with Crippen molar-refractivity contribution in [1.82, 2.24) is 10.5 Å². The molecule has 0 bridgehead atoms. The van der Waals surface area contributed by atoms with Crippen LogP contribution >= 0.6 is 0 Å². The highest BCUT2D eigenvalue weighted by Crippen LogP contribution is 2.23. The molecule has 0 saturated carbocycles. The minimum Gasteiger partial charge on any atom is -0.452 e. The van der Waals surface area contributed by atoms with Gasteiger partial charge in [-0.25, -0.2) is 4.79 Å². The van der Waals surface area contributed by atoms with Crippen LogP contribution in [0.3, 0.4) is 0 Å². The molecule has 0 saturated heterocycles. The number of carbonyl (C=O) groups excluding carboxylic acids is 2. The Morgan fingerprint density at radius 3 is 2.48 bits per heavy atom. The molecule has 0 aromatic carbocycles.